The number of nitrogens with two attached hydrogens (primary N) is 1. The van der Waals surface area contributed by atoms with E-state index >= 15 is 0 Å². The maximum atomic E-state index is 13.1. The Labute approximate surface area is 190 Å². The van der Waals surface area contributed by atoms with Crippen LogP contribution in [-0.4, -0.2) is 45.6 Å². The summed E-state index contributed by atoms with van der Waals surface area (Å²) < 4.78 is 7.73. The zero-order valence-corrected chi connectivity index (χ0v) is 18.5. The summed E-state index contributed by atoms with van der Waals surface area (Å²) in [6.45, 7) is 0.940. The summed E-state index contributed by atoms with van der Waals surface area (Å²) in [5.41, 5.74) is 6.53. The summed E-state index contributed by atoms with van der Waals surface area (Å²) in [5, 5.41) is 0.513. The number of carbonyl (C=O) groups excluding carboxylic acids is 2. The molecule has 7 rings (SSSR count). The van der Waals surface area contributed by atoms with Crippen LogP contribution in [0.1, 0.15) is 44.6 Å². The molecule has 5 fully saturated rings. The summed E-state index contributed by atoms with van der Waals surface area (Å²) in [5.74, 6) is 0.758. The summed E-state index contributed by atoms with van der Waals surface area (Å²) in [7, 11) is 0. The van der Waals surface area contributed by atoms with E-state index in [4.69, 9.17) is 22.1 Å². The summed E-state index contributed by atoms with van der Waals surface area (Å²) in [6, 6.07) is 5.24. The Morgan fingerprint density at radius 3 is 2.66 bits per heavy atom. The van der Waals surface area contributed by atoms with Crippen molar-refractivity contribution < 1.29 is 14.3 Å². The van der Waals surface area contributed by atoms with E-state index in [2.05, 4.69) is 4.98 Å². The van der Waals surface area contributed by atoms with E-state index < -0.39 is 5.41 Å². The molecule has 2 amide bonds. The minimum Gasteiger partial charge on any atom is -0.446 e. The van der Waals surface area contributed by atoms with Gasteiger partial charge in [0.05, 0.1) is 27.5 Å². The molecule has 9 heteroatoms. The van der Waals surface area contributed by atoms with Gasteiger partial charge in [-0.3, -0.25) is 9.36 Å². The number of hydrogen-bond acceptors (Lipinski definition) is 4. The van der Waals surface area contributed by atoms with Crippen LogP contribution in [-0.2, 0) is 9.53 Å². The SMILES string of the molecule is NC(=O)C12CC3CC(C1)C(OC(=O)N1CCC(n4c(=O)[nH]c5cccc(Cl)c54)C1)[C@@H](C3)C2. The first kappa shape index (κ1) is 20.1. The fourth-order valence-corrected chi connectivity index (χ4v) is 7.53. The lowest BCUT2D eigenvalue weighted by Crippen LogP contribution is -2.59. The fraction of sp³-hybridized carbons (Fsp3) is 0.609. The topological polar surface area (TPSA) is 110 Å². The highest BCUT2D eigenvalue weighted by Gasteiger charge is 2.59. The van der Waals surface area contributed by atoms with E-state index in [9.17, 15) is 14.4 Å². The predicted octanol–water partition coefficient (Wildman–Crippen LogP) is 3.05. The molecule has 4 aliphatic carbocycles. The van der Waals surface area contributed by atoms with Crippen molar-refractivity contribution in [2.75, 3.05) is 13.1 Å². The normalized spacial score (nSPS) is 35.5. The van der Waals surface area contributed by atoms with Gasteiger partial charge in [-0.2, -0.15) is 0 Å². The third-order valence-corrected chi connectivity index (χ3v) is 8.73. The van der Waals surface area contributed by atoms with Crippen LogP contribution in [0.4, 0.5) is 4.79 Å². The zero-order chi connectivity index (χ0) is 22.2. The maximum Gasteiger partial charge on any atom is 0.410 e. The number of amides is 2. The highest BCUT2D eigenvalue weighted by Crippen LogP contribution is 2.60. The first-order valence-electron chi connectivity index (χ1n) is 11.5. The quantitative estimate of drug-likeness (QED) is 0.736. The highest BCUT2D eigenvalue weighted by atomic mass is 35.5. The van der Waals surface area contributed by atoms with E-state index in [1.807, 2.05) is 6.07 Å². The van der Waals surface area contributed by atoms with Crippen molar-refractivity contribution >= 4 is 34.6 Å². The largest absolute Gasteiger partial charge is 0.446 e. The van der Waals surface area contributed by atoms with Crippen LogP contribution in [0.3, 0.4) is 0 Å². The van der Waals surface area contributed by atoms with E-state index in [0.29, 0.717) is 41.5 Å². The monoisotopic (exact) mass is 458 g/mol. The molecule has 5 aliphatic rings. The van der Waals surface area contributed by atoms with Crippen LogP contribution < -0.4 is 11.4 Å². The van der Waals surface area contributed by atoms with Gasteiger partial charge in [0, 0.05) is 13.1 Å². The number of nitrogens with zero attached hydrogens (tertiary/aromatic N) is 2. The van der Waals surface area contributed by atoms with Crippen LogP contribution in [0, 0.1) is 23.2 Å². The standard InChI is InChI=1S/C23H27ClN4O4/c24-16-2-1-3-17-18(16)28(21(30)26-17)15-4-5-27(11-15)22(31)32-19-13-6-12-7-14(19)10-23(8-12,9-13)20(25)29/h1-3,12-15,19H,4-11H2,(H2,25,29)(H,26,30)/t12?,13-,14?,15?,19?,23?/m0/s1. The molecule has 0 radical (unpaired) electrons. The van der Waals surface area contributed by atoms with E-state index in [1.54, 1.807) is 21.6 Å². The first-order chi connectivity index (χ1) is 15.3. The van der Waals surface area contributed by atoms with Crippen molar-refractivity contribution in [1.82, 2.24) is 14.5 Å². The second-order valence-electron chi connectivity index (χ2n) is 10.3. The van der Waals surface area contributed by atoms with Gasteiger partial charge in [-0.15, -0.1) is 0 Å². The van der Waals surface area contributed by atoms with E-state index in [1.165, 1.54) is 0 Å². The van der Waals surface area contributed by atoms with Crippen LogP contribution in [0.15, 0.2) is 23.0 Å². The molecular weight excluding hydrogens is 432 g/mol. The average Bonchev–Trinajstić information content (AvgIpc) is 3.34. The molecule has 1 saturated heterocycles. The molecule has 32 heavy (non-hydrogen) atoms. The molecule has 2 aromatic rings. The lowest BCUT2D eigenvalue weighted by Gasteiger charge is -2.58. The number of aromatic nitrogens is 2. The Bertz CT molecular complexity index is 1160. The number of H-pyrrole nitrogens is 1. The van der Waals surface area contributed by atoms with Gasteiger partial charge in [0.2, 0.25) is 5.91 Å². The summed E-state index contributed by atoms with van der Waals surface area (Å²) in [4.78, 5) is 42.4. The van der Waals surface area contributed by atoms with Crippen molar-refractivity contribution in [3.63, 3.8) is 0 Å². The zero-order valence-electron chi connectivity index (χ0n) is 17.8. The van der Waals surface area contributed by atoms with Crippen molar-refractivity contribution in [1.29, 1.82) is 0 Å². The molecular formula is C23H27ClN4O4. The minimum atomic E-state index is -0.395. The van der Waals surface area contributed by atoms with Gasteiger partial charge in [0.25, 0.3) is 0 Å². The number of nitrogens with one attached hydrogen (secondary N) is 1. The van der Waals surface area contributed by atoms with Gasteiger partial charge in [0.1, 0.15) is 6.10 Å². The smallest absolute Gasteiger partial charge is 0.410 e. The van der Waals surface area contributed by atoms with Crippen molar-refractivity contribution in [3.8, 4) is 0 Å². The molecule has 4 bridgehead atoms. The van der Waals surface area contributed by atoms with Gasteiger partial charge >= 0.3 is 11.8 Å². The number of aromatic amines is 1. The number of fused-ring (bicyclic) bond motifs is 1. The summed E-state index contributed by atoms with van der Waals surface area (Å²) in [6.07, 6.45) is 4.58. The Balaban J connectivity index is 1.17. The van der Waals surface area contributed by atoms with Crippen LogP contribution in [0.5, 0.6) is 0 Å². The number of likely N-dealkylation sites (tertiary alicyclic amines) is 1. The van der Waals surface area contributed by atoms with Gasteiger partial charge in [-0.25, -0.2) is 9.59 Å². The Kier molecular flexibility index (Phi) is 4.41. The second-order valence-corrected chi connectivity index (χ2v) is 10.7. The number of primary amides is 1. The van der Waals surface area contributed by atoms with Gasteiger partial charge in [-0.05, 0) is 68.4 Å². The van der Waals surface area contributed by atoms with Crippen molar-refractivity contribution in [2.45, 2.75) is 50.7 Å². The molecule has 1 aliphatic heterocycles. The molecule has 6 atom stereocenters. The highest BCUT2D eigenvalue weighted by molar-refractivity contribution is 6.34. The number of imidazole rings is 1. The van der Waals surface area contributed by atoms with E-state index in [-0.39, 0.29) is 41.7 Å². The molecule has 0 spiro atoms. The Hall–Kier alpha value is -2.48. The second kappa shape index (κ2) is 7.01. The van der Waals surface area contributed by atoms with Crippen LogP contribution >= 0.6 is 11.6 Å². The van der Waals surface area contributed by atoms with E-state index in [0.717, 1.165) is 32.1 Å². The van der Waals surface area contributed by atoms with Gasteiger partial charge < -0.3 is 20.4 Å². The van der Waals surface area contributed by atoms with Crippen LogP contribution in [0.25, 0.3) is 11.0 Å². The van der Waals surface area contributed by atoms with Crippen LogP contribution in [0.2, 0.25) is 5.02 Å². The molecule has 8 nitrogen and oxygen atoms in total. The Morgan fingerprint density at radius 1 is 1.19 bits per heavy atom. The minimum absolute atomic E-state index is 0.143. The molecule has 1 aromatic heterocycles. The number of ether oxygens (including phenoxy) is 1. The fourth-order valence-electron chi connectivity index (χ4n) is 7.27. The van der Waals surface area contributed by atoms with Crippen molar-refractivity contribution in [3.05, 3.63) is 33.7 Å². The molecule has 2 heterocycles. The summed E-state index contributed by atoms with van der Waals surface area (Å²) >= 11 is 6.37. The lowest BCUT2D eigenvalue weighted by atomic mass is 9.48. The number of rotatable bonds is 3. The lowest BCUT2D eigenvalue weighted by molar-refractivity contribution is -0.161. The number of para-hydroxylation sites is 1. The van der Waals surface area contributed by atoms with Gasteiger partial charge in [0.15, 0.2) is 0 Å². The third kappa shape index (κ3) is 2.91. The molecule has 4 saturated carbocycles. The number of benzene rings is 1. The molecule has 3 N–H and O–H groups in total. The number of hydrogen-bond donors (Lipinski definition) is 2. The maximum absolute atomic E-state index is 13.1. The van der Waals surface area contributed by atoms with Crippen molar-refractivity contribution in [2.24, 2.45) is 28.9 Å². The molecule has 170 valence electrons. The third-order valence-electron chi connectivity index (χ3n) is 8.42. The van der Waals surface area contributed by atoms with Gasteiger partial charge in [-0.1, -0.05) is 17.7 Å². The molecule has 1 aromatic carbocycles. The predicted molar refractivity (Wildman–Crippen MR) is 118 cm³/mol. The molecule has 5 unspecified atom stereocenters. The first-order valence-corrected chi connectivity index (χ1v) is 11.9. The Morgan fingerprint density at radius 2 is 1.94 bits per heavy atom. The average molecular weight is 459 g/mol. The number of halogens is 1. The number of carbonyl (C=O) groups is 2.